The van der Waals surface area contributed by atoms with E-state index in [1.54, 1.807) is 49.9 Å². The van der Waals surface area contributed by atoms with Crippen LogP contribution in [0.15, 0.2) is 42.9 Å². The minimum Gasteiger partial charge on any atom is -0.475 e. The van der Waals surface area contributed by atoms with E-state index < -0.39 is 0 Å². The SMILES string of the molecule is Cn1cc2c(n1)C(=O)CCCOCCOc1cc(ccn1)-c1cc(ccn1)C(=O)N2. The number of anilines is 1. The number of nitrogens with zero attached hydrogens (tertiary/aromatic N) is 4. The number of ether oxygens (including phenoxy) is 2. The number of rotatable bonds is 0. The lowest BCUT2D eigenvalue weighted by molar-refractivity contribution is 0.0862. The molecule has 0 spiro atoms. The molecule has 0 saturated heterocycles. The molecule has 1 N–H and O–H groups in total. The predicted molar refractivity (Wildman–Crippen MR) is 109 cm³/mol. The first-order valence-corrected chi connectivity index (χ1v) is 9.61. The van der Waals surface area contributed by atoms with Gasteiger partial charge in [-0.3, -0.25) is 19.3 Å². The van der Waals surface area contributed by atoms with Gasteiger partial charge in [0.1, 0.15) is 6.61 Å². The molecule has 3 aromatic heterocycles. The summed E-state index contributed by atoms with van der Waals surface area (Å²) in [5, 5.41) is 7.01. The molecule has 0 aromatic carbocycles. The summed E-state index contributed by atoms with van der Waals surface area (Å²) in [6.07, 6.45) is 5.63. The molecule has 4 bridgehead atoms. The molecule has 9 heteroatoms. The fourth-order valence-electron chi connectivity index (χ4n) is 3.12. The highest BCUT2D eigenvalue weighted by Crippen LogP contribution is 2.22. The van der Waals surface area contributed by atoms with Gasteiger partial charge in [-0.2, -0.15) is 5.10 Å². The number of pyridine rings is 2. The van der Waals surface area contributed by atoms with Crippen molar-refractivity contribution < 1.29 is 19.1 Å². The van der Waals surface area contributed by atoms with Crippen molar-refractivity contribution in [2.75, 3.05) is 25.1 Å². The van der Waals surface area contributed by atoms with Crippen LogP contribution in [0.4, 0.5) is 5.69 Å². The Morgan fingerprint density at radius 3 is 2.77 bits per heavy atom. The lowest BCUT2D eigenvalue weighted by atomic mass is 10.1. The summed E-state index contributed by atoms with van der Waals surface area (Å²) in [6, 6.07) is 6.86. The minimum atomic E-state index is -0.351. The highest BCUT2D eigenvalue weighted by Gasteiger charge is 2.19. The summed E-state index contributed by atoms with van der Waals surface area (Å²) >= 11 is 0. The maximum atomic E-state index is 12.8. The van der Waals surface area contributed by atoms with Crippen molar-refractivity contribution in [3.8, 4) is 17.1 Å². The standard InChI is InChI=1S/C21H21N5O4/c1-26-13-17-20(25-26)18(27)3-2-8-29-9-10-30-19-12-14(4-7-23-19)16-11-15(5-6-22-16)21(28)24-17/h4-7,11-13H,2-3,8-10H2,1H3,(H,24,28). The van der Waals surface area contributed by atoms with Crippen LogP contribution in [-0.2, 0) is 11.8 Å². The third-order valence-electron chi connectivity index (χ3n) is 4.56. The van der Waals surface area contributed by atoms with Crippen molar-refractivity contribution in [1.29, 1.82) is 0 Å². The third-order valence-corrected chi connectivity index (χ3v) is 4.56. The number of hydrogen-bond acceptors (Lipinski definition) is 7. The first kappa shape index (κ1) is 19.7. The highest BCUT2D eigenvalue weighted by molar-refractivity contribution is 6.08. The second-order valence-electron chi connectivity index (χ2n) is 6.82. The van der Waals surface area contributed by atoms with E-state index in [0.29, 0.717) is 49.1 Å². The second kappa shape index (κ2) is 8.83. The number of carbonyl (C=O) groups is 2. The maximum Gasteiger partial charge on any atom is 0.255 e. The molecule has 154 valence electrons. The van der Waals surface area contributed by atoms with Gasteiger partial charge in [0.15, 0.2) is 11.5 Å². The van der Waals surface area contributed by atoms with Crippen molar-refractivity contribution in [1.82, 2.24) is 19.7 Å². The summed E-state index contributed by atoms with van der Waals surface area (Å²) < 4.78 is 12.7. The van der Waals surface area contributed by atoms with E-state index in [4.69, 9.17) is 9.47 Å². The Balaban J connectivity index is 1.68. The first-order chi connectivity index (χ1) is 14.6. The Morgan fingerprint density at radius 2 is 1.87 bits per heavy atom. The second-order valence-corrected chi connectivity index (χ2v) is 6.82. The fourth-order valence-corrected chi connectivity index (χ4v) is 3.12. The number of aryl methyl sites for hydroxylation is 1. The van der Waals surface area contributed by atoms with E-state index in [0.717, 1.165) is 5.56 Å². The van der Waals surface area contributed by atoms with Crippen LogP contribution in [0.2, 0.25) is 0 Å². The Morgan fingerprint density at radius 1 is 1.03 bits per heavy atom. The molecule has 0 radical (unpaired) electrons. The molecule has 1 aliphatic rings. The largest absolute Gasteiger partial charge is 0.475 e. The quantitative estimate of drug-likeness (QED) is 0.610. The maximum absolute atomic E-state index is 12.8. The summed E-state index contributed by atoms with van der Waals surface area (Å²) in [4.78, 5) is 34.0. The molecule has 0 unspecified atom stereocenters. The van der Waals surface area contributed by atoms with Gasteiger partial charge >= 0.3 is 0 Å². The Bertz CT molecular complexity index is 1080. The number of aromatic nitrogens is 4. The lowest BCUT2D eigenvalue weighted by Crippen LogP contribution is -2.15. The molecule has 9 nitrogen and oxygen atoms in total. The van der Waals surface area contributed by atoms with Crippen LogP contribution >= 0.6 is 0 Å². The van der Waals surface area contributed by atoms with Gasteiger partial charge in [-0.05, 0) is 24.6 Å². The average molecular weight is 407 g/mol. The van der Waals surface area contributed by atoms with Gasteiger partial charge in [0.2, 0.25) is 5.88 Å². The molecule has 1 amide bonds. The van der Waals surface area contributed by atoms with Gasteiger partial charge in [0.25, 0.3) is 5.91 Å². The number of amides is 1. The van der Waals surface area contributed by atoms with Crippen LogP contribution in [0.1, 0.15) is 33.7 Å². The number of nitrogens with one attached hydrogen (secondary N) is 1. The van der Waals surface area contributed by atoms with Crippen molar-refractivity contribution in [2.24, 2.45) is 7.05 Å². The topological polar surface area (TPSA) is 108 Å². The Kier molecular flexibility index (Phi) is 5.80. The molecule has 0 saturated carbocycles. The number of fused-ring (bicyclic) bond motifs is 6. The van der Waals surface area contributed by atoms with Gasteiger partial charge < -0.3 is 14.8 Å². The predicted octanol–water partition coefficient (Wildman–Crippen LogP) is 2.50. The molecule has 0 fully saturated rings. The smallest absolute Gasteiger partial charge is 0.255 e. The van der Waals surface area contributed by atoms with E-state index in [-0.39, 0.29) is 23.8 Å². The lowest BCUT2D eigenvalue weighted by Gasteiger charge is -2.10. The van der Waals surface area contributed by atoms with Crippen molar-refractivity contribution in [3.05, 3.63) is 54.1 Å². The highest BCUT2D eigenvalue weighted by atomic mass is 16.5. The zero-order valence-electron chi connectivity index (χ0n) is 16.5. The van der Waals surface area contributed by atoms with E-state index in [2.05, 4.69) is 20.4 Å². The third kappa shape index (κ3) is 4.52. The molecule has 4 rings (SSSR count). The van der Waals surface area contributed by atoms with E-state index in [1.807, 2.05) is 0 Å². The zero-order chi connectivity index (χ0) is 20.9. The molecule has 0 atom stereocenters. The monoisotopic (exact) mass is 407 g/mol. The van der Waals surface area contributed by atoms with Crippen molar-refractivity contribution >= 4 is 17.4 Å². The van der Waals surface area contributed by atoms with Crippen LogP contribution in [0.25, 0.3) is 11.3 Å². The molecular weight excluding hydrogens is 386 g/mol. The van der Waals surface area contributed by atoms with Crippen LogP contribution in [0.5, 0.6) is 5.88 Å². The molecule has 3 aromatic rings. The number of ketones is 1. The first-order valence-electron chi connectivity index (χ1n) is 9.61. The molecule has 1 aliphatic heterocycles. The van der Waals surface area contributed by atoms with Crippen molar-refractivity contribution in [2.45, 2.75) is 12.8 Å². The van der Waals surface area contributed by atoms with E-state index >= 15 is 0 Å². The Labute approximate surface area is 173 Å². The summed E-state index contributed by atoms with van der Waals surface area (Å²) in [5.74, 6) is -0.0545. The van der Waals surface area contributed by atoms with Crippen LogP contribution in [0, 0.1) is 0 Å². The van der Waals surface area contributed by atoms with Gasteiger partial charge in [-0.1, -0.05) is 0 Å². The molecular formula is C21H21N5O4. The van der Waals surface area contributed by atoms with Gasteiger partial charge in [-0.15, -0.1) is 0 Å². The van der Waals surface area contributed by atoms with Gasteiger partial charge in [-0.25, -0.2) is 4.98 Å². The molecule has 0 aliphatic carbocycles. The van der Waals surface area contributed by atoms with Gasteiger partial charge in [0.05, 0.1) is 18.0 Å². The van der Waals surface area contributed by atoms with Crippen LogP contribution in [0.3, 0.4) is 0 Å². The molecule has 4 heterocycles. The Hall–Kier alpha value is -3.59. The normalized spacial score (nSPS) is 15.4. The van der Waals surface area contributed by atoms with E-state index in [9.17, 15) is 9.59 Å². The van der Waals surface area contributed by atoms with Crippen LogP contribution < -0.4 is 10.1 Å². The number of carbonyl (C=O) groups excluding carboxylic acids is 2. The summed E-state index contributed by atoms with van der Waals surface area (Å²) in [7, 11) is 1.70. The summed E-state index contributed by atoms with van der Waals surface area (Å²) in [6.45, 7) is 1.15. The minimum absolute atomic E-state index is 0.151. The van der Waals surface area contributed by atoms with Gasteiger partial charge in [0, 0.05) is 55.9 Å². The number of Topliss-reactive ketones (excluding diaryl/α,β-unsaturated/α-hetero) is 1. The average Bonchev–Trinajstić information content (AvgIpc) is 3.12. The van der Waals surface area contributed by atoms with Crippen molar-refractivity contribution in [3.63, 3.8) is 0 Å². The van der Waals surface area contributed by atoms with Crippen LogP contribution in [-0.4, -0.2) is 51.3 Å². The molecule has 30 heavy (non-hydrogen) atoms. The fraction of sp³-hybridized carbons (Fsp3) is 0.286. The number of hydrogen-bond donors (Lipinski definition) is 1. The zero-order valence-corrected chi connectivity index (χ0v) is 16.5. The summed E-state index contributed by atoms with van der Waals surface area (Å²) in [5.41, 5.74) is 2.41. The van der Waals surface area contributed by atoms with E-state index in [1.165, 1.54) is 4.68 Å².